The third kappa shape index (κ3) is 5.80. The first-order valence-corrected chi connectivity index (χ1v) is 28.7. The van der Waals surface area contributed by atoms with E-state index in [0.29, 0.717) is 0 Å². The Morgan fingerprint density at radius 3 is 1.30 bits per heavy atom. The molecule has 2 heterocycles. The lowest BCUT2D eigenvalue weighted by Crippen LogP contribution is -2.93. The van der Waals surface area contributed by atoms with Crippen molar-refractivity contribution in [3.8, 4) is 22.6 Å². The van der Waals surface area contributed by atoms with Crippen LogP contribution in [0.2, 0.25) is 0 Å². The summed E-state index contributed by atoms with van der Waals surface area (Å²) in [4.78, 5) is 2.42. The first-order chi connectivity index (χ1) is 35.2. The molecular weight excluding hydrogens is 891 g/mol. The Balaban J connectivity index is 1.02. The average Bonchev–Trinajstić information content (AvgIpc) is 3.75. The SMILES string of the molecule is c1ccc(N(c2ccc3c(c2)Oc2ccccc2[Si]32c3ccccc3[Si](c3ccccc3)(c3ccccc3)c3ccccc32)c2ccc3c(c2)C(c2ccccc2)(c2ccccc2)c2ccccc2-3)cc1. The number of hydrogen-bond acceptors (Lipinski definition) is 2. The van der Waals surface area contributed by atoms with Gasteiger partial charge in [0.2, 0.25) is 0 Å². The third-order valence-electron chi connectivity index (χ3n) is 15.7. The molecule has 71 heavy (non-hydrogen) atoms. The van der Waals surface area contributed by atoms with Crippen molar-refractivity contribution in [2.24, 2.45) is 0 Å². The molecule has 0 atom stereocenters. The maximum absolute atomic E-state index is 7.30. The maximum Gasteiger partial charge on any atom is 0.188 e. The topological polar surface area (TPSA) is 12.5 Å². The Hall–Kier alpha value is -8.55. The van der Waals surface area contributed by atoms with Crippen molar-refractivity contribution in [3.05, 3.63) is 307 Å². The van der Waals surface area contributed by atoms with E-state index >= 15 is 0 Å². The molecule has 0 amide bonds. The number of fused-ring (bicyclic) bond motifs is 11. The van der Waals surface area contributed by atoms with Crippen molar-refractivity contribution >= 4 is 74.7 Å². The Labute approximate surface area is 417 Å². The summed E-state index contributed by atoms with van der Waals surface area (Å²) in [7, 11) is -5.93. The minimum absolute atomic E-state index is 0.534. The van der Waals surface area contributed by atoms with Gasteiger partial charge in [0.15, 0.2) is 16.1 Å². The highest BCUT2D eigenvalue weighted by atomic mass is 28.3. The smallest absolute Gasteiger partial charge is 0.188 e. The molecule has 0 unspecified atom stereocenters. The van der Waals surface area contributed by atoms with Crippen molar-refractivity contribution in [1.29, 1.82) is 0 Å². The number of ether oxygens (including phenoxy) is 1. The minimum atomic E-state index is -3.08. The lowest BCUT2D eigenvalue weighted by atomic mass is 9.67. The number of nitrogens with zero attached hydrogens (tertiary/aromatic N) is 1. The van der Waals surface area contributed by atoms with Crippen LogP contribution in [0.1, 0.15) is 22.3 Å². The third-order valence-corrected chi connectivity index (χ3v) is 26.1. The maximum atomic E-state index is 7.30. The van der Waals surface area contributed by atoms with Crippen LogP contribution in [-0.2, 0) is 5.41 Å². The number of hydrogen-bond donors (Lipinski definition) is 0. The Bertz CT molecular complexity index is 3680. The van der Waals surface area contributed by atoms with Crippen LogP contribution < -0.4 is 51.1 Å². The second-order valence-corrected chi connectivity index (χ2v) is 26.4. The average molecular weight is 938 g/mol. The molecule has 0 radical (unpaired) electrons. The van der Waals surface area contributed by atoms with Gasteiger partial charge in [-0.15, -0.1) is 0 Å². The van der Waals surface area contributed by atoms with Crippen molar-refractivity contribution in [3.63, 3.8) is 0 Å². The van der Waals surface area contributed by atoms with Crippen LogP contribution in [0.15, 0.2) is 285 Å². The van der Waals surface area contributed by atoms with Gasteiger partial charge in [-0.25, -0.2) is 0 Å². The summed E-state index contributed by atoms with van der Waals surface area (Å²) in [5.41, 5.74) is 10.2. The quantitative estimate of drug-likeness (QED) is 0.148. The van der Waals surface area contributed by atoms with Crippen LogP contribution in [0.3, 0.4) is 0 Å². The largest absolute Gasteiger partial charge is 0.457 e. The van der Waals surface area contributed by atoms with E-state index in [4.69, 9.17) is 4.74 Å². The Kier molecular flexibility index (Phi) is 9.50. The molecule has 0 saturated heterocycles. The predicted molar refractivity (Wildman–Crippen MR) is 299 cm³/mol. The van der Waals surface area contributed by atoms with Gasteiger partial charge in [-0.3, -0.25) is 0 Å². The molecule has 3 aliphatic rings. The monoisotopic (exact) mass is 937 g/mol. The molecule has 2 aliphatic heterocycles. The summed E-state index contributed by atoms with van der Waals surface area (Å²) in [5.74, 6) is 1.84. The molecule has 1 spiro atoms. The molecule has 0 bridgehead atoms. The molecule has 0 N–H and O–H groups in total. The van der Waals surface area contributed by atoms with Crippen LogP contribution in [0.4, 0.5) is 17.1 Å². The fourth-order valence-corrected chi connectivity index (χ4v) is 25.3. The second-order valence-electron chi connectivity index (χ2n) is 19.0. The number of para-hydroxylation sites is 2. The van der Waals surface area contributed by atoms with Crippen molar-refractivity contribution in [2.75, 3.05) is 4.90 Å². The van der Waals surface area contributed by atoms with Crippen LogP contribution in [0.5, 0.6) is 11.5 Å². The highest BCUT2D eigenvalue weighted by Gasteiger charge is 2.59. The summed E-state index contributed by atoms with van der Waals surface area (Å²) in [6, 6.07) is 107. The molecule has 0 fully saturated rings. The highest BCUT2D eigenvalue weighted by molar-refractivity contribution is 7.33. The van der Waals surface area contributed by atoms with Gasteiger partial charge in [-0.05, 0) is 111 Å². The molecule has 14 rings (SSSR count). The van der Waals surface area contributed by atoms with Crippen LogP contribution >= 0.6 is 0 Å². The first kappa shape index (κ1) is 41.4. The molecule has 0 saturated carbocycles. The zero-order chi connectivity index (χ0) is 47.0. The number of anilines is 3. The van der Waals surface area contributed by atoms with Gasteiger partial charge in [0, 0.05) is 23.1 Å². The molecule has 4 heteroatoms. The van der Waals surface area contributed by atoms with Crippen LogP contribution in [0, 0.1) is 0 Å². The zero-order valence-corrected chi connectivity index (χ0v) is 41.0. The molecule has 0 aromatic heterocycles. The van der Waals surface area contributed by atoms with Crippen molar-refractivity contribution in [2.45, 2.75) is 5.41 Å². The molecule has 11 aromatic carbocycles. The van der Waals surface area contributed by atoms with E-state index in [-0.39, 0.29) is 0 Å². The second kappa shape index (κ2) is 16.3. The zero-order valence-electron chi connectivity index (χ0n) is 39.0. The molecule has 1 aliphatic carbocycles. The number of rotatable bonds is 7. The fraction of sp³-hybridized carbons (Fsp3) is 0.0149. The van der Waals surface area contributed by atoms with Gasteiger partial charge in [-0.1, -0.05) is 243 Å². The molecular formula is C67H47NOSi2. The van der Waals surface area contributed by atoms with Crippen molar-refractivity contribution < 1.29 is 4.74 Å². The first-order valence-electron chi connectivity index (χ1n) is 24.7. The highest BCUT2D eigenvalue weighted by Crippen LogP contribution is 2.57. The Morgan fingerprint density at radius 2 is 0.704 bits per heavy atom. The summed E-state index contributed by atoms with van der Waals surface area (Å²) in [6.07, 6.45) is 0. The van der Waals surface area contributed by atoms with Gasteiger partial charge in [0.05, 0.1) is 5.41 Å². The summed E-state index contributed by atoms with van der Waals surface area (Å²) in [5, 5.41) is 11.2. The van der Waals surface area contributed by atoms with E-state index < -0.39 is 21.6 Å². The van der Waals surface area contributed by atoms with Gasteiger partial charge < -0.3 is 9.64 Å². The Morgan fingerprint density at radius 1 is 0.282 bits per heavy atom. The summed E-state index contributed by atoms with van der Waals surface area (Å²) in [6.45, 7) is 0. The predicted octanol–water partition coefficient (Wildman–Crippen LogP) is 10.7. The summed E-state index contributed by atoms with van der Waals surface area (Å²) < 4.78 is 7.30. The van der Waals surface area contributed by atoms with Gasteiger partial charge in [-0.2, -0.15) is 0 Å². The van der Waals surface area contributed by atoms with Crippen LogP contribution in [-0.4, -0.2) is 16.1 Å². The van der Waals surface area contributed by atoms with E-state index in [1.165, 1.54) is 74.9 Å². The van der Waals surface area contributed by atoms with E-state index in [2.05, 4.69) is 290 Å². The van der Waals surface area contributed by atoms with Gasteiger partial charge >= 0.3 is 0 Å². The van der Waals surface area contributed by atoms with Gasteiger partial charge in [0.25, 0.3) is 0 Å². The minimum Gasteiger partial charge on any atom is -0.457 e. The van der Waals surface area contributed by atoms with Gasteiger partial charge in [0.1, 0.15) is 11.5 Å². The lowest BCUT2D eigenvalue weighted by molar-refractivity contribution is 0.487. The fourth-order valence-electron chi connectivity index (χ4n) is 13.1. The van der Waals surface area contributed by atoms with Crippen molar-refractivity contribution in [1.82, 2.24) is 0 Å². The normalized spacial score (nSPS) is 14.6. The molecule has 11 aromatic rings. The van der Waals surface area contributed by atoms with E-state index in [1.807, 2.05) is 0 Å². The number of benzene rings is 11. The van der Waals surface area contributed by atoms with E-state index in [1.54, 1.807) is 0 Å². The molecule has 334 valence electrons. The van der Waals surface area contributed by atoms with Crippen LogP contribution in [0.25, 0.3) is 11.1 Å². The summed E-state index contributed by atoms with van der Waals surface area (Å²) >= 11 is 0. The van der Waals surface area contributed by atoms with E-state index in [0.717, 1.165) is 28.6 Å². The lowest BCUT2D eigenvalue weighted by Gasteiger charge is -2.50. The molecule has 2 nitrogen and oxygen atoms in total. The standard InChI is InChI=1S/C67H47NOSi2/c1-6-24-48(25-7-1)67(49-26-8-2-9-27-49)57-35-17-16-34-55(57)56-44-42-51(46-58(56)67)68(50-28-10-3-11-29-50)52-43-45-62-60(47-52)69-59-36-18-19-37-61(59)71(62)65-40-22-20-38-63(65)70(53-30-12-4-13-31-53,54-32-14-5-15-33-54)64-39-21-23-41-66(64)71/h1-47H. The van der Waals surface area contributed by atoms with E-state index in [9.17, 15) is 0 Å².